The van der Waals surface area contributed by atoms with E-state index in [9.17, 15) is 9.18 Å². The van der Waals surface area contributed by atoms with Crippen LogP contribution in [-0.2, 0) is 24.4 Å². The Morgan fingerprint density at radius 3 is 2.42 bits per heavy atom. The minimum atomic E-state index is -0.324. The van der Waals surface area contributed by atoms with Crippen LogP contribution < -0.4 is 15.4 Å². The van der Waals surface area contributed by atoms with Crippen LogP contribution in [0.5, 0.6) is 11.6 Å². The van der Waals surface area contributed by atoms with Crippen LogP contribution in [0.25, 0.3) is 0 Å². The van der Waals surface area contributed by atoms with Crippen LogP contribution in [0.1, 0.15) is 16.7 Å². The maximum absolute atomic E-state index is 13.0. The van der Waals surface area contributed by atoms with Crippen molar-refractivity contribution in [2.75, 3.05) is 26.3 Å². The first-order valence-electron chi connectivity index (χ1n) is 10.9. The second-order valence-electron chi connectivity index (χ2n) is 7.75. The zero-order valence-electron chi connectivity index (χ0n) is 18.3. The number of rotatable bonds is 8. The zero-order valence-corrected chi connectivity index (χ0v) is 18.3. The van der Waals surface area contributed by atoms with Gasteiger partial charge in [-0.05, 0) is 41.0 Å². The number of amides is 2. The molecule has 1 aliphatic heterocycles. The molecule has 0 radical (unpaired) electrons. The topological polar surface area (TPSA) is 75.7 Å². The van der Waals surface area contributed by atoms with Crippen LogP contribution in [0.2, 0.25) is 0 Å². The standard InChI is InChI=1S/C25H27FN4O3/c26-22-6-8-23(9-7-22)33-24-10-5-19(15-27-24)16-28-25(31)29-17-20-3-1-2-4-21(20)18-30-11-13-32-14-12-30/h1-10,15H,11-14,16-18H2,(H2,28,29,31). The second kappa shape index (κ2) is 11.4. The van der Waals surface area contributed by atoms with Crippen LogP contribution >= 0.6 is 0 Å². The molecule has 1 aromatic heterocycles. The molecule has 2 aromatic carbocycles. The SMILES string of the molecule is O=C(NCc1ccc(Oc2ccc(F)cc2)nc1)NCc1ccccc1CN1CCOCC1. The number of ether oxygens (including phenoxy) is 2. The predicted molar refractivity (Wildman–Crippen MR) is 122 cm³/mol. The van der Waals surface area contributed by atoms with Crippen molar-refractivity contribution in [3.05, 3.63) is 89.4 Å². The first kappa shape index (κ1) is 22.7. The van der Waals surface area contributed by atoms with E-state index in [1.807, 2.05) is 24.3 Å². The minimum absolute atomic E-state index is 0.247. The molecule has 2 amide bonds. The lowest BCUT2D eigenvalue weighted by atomic mass is 10.1. The number of nitrogens with zero attached hydrogens (tertiary/aromatic N) is 2. The zero-order chi connectivity index (χ0) is 22.9. The Hall–Kier alpha value is -3.49. The number of aromatic nitrogens is 1. The molecular weight excluding hydrogens is 423 g/mol. The van der Waals surface area contributed by atoms with Gasteiger partial charge in [-0.3, -0.25) is 4.90 Å². The summed E-state index contributed by atoms with van der Waals surface area (Å²) in [6.07, 6.45) is 1.64. The van der Waals surface area contributed by atoms with Crippen LogP contribution in [0.15, 0.2) is 66.9 Å². The molecule has 33 heavy (non-hydrogen) atoms. The lowest BCUT2D eigenvalue weighted by molar-refractivity contribution is 0.0341. The van der Waals surface area contributed by atoms with Gasteiger partial charge in [0, 0.05) is 45.0 Å². The molecule has 0 spiro atoms. The number of carbonyl (C=O) groups is 1. The molecule has 0 saturated carbocycles. The van der Waals surface area contributed by atoms with Crippen molar-refractivity contribution in [3.8, 4) is 11.6 Å². The van der Waals surface area contributed by atoms with Gasteiger partial charge in [-0.15, -0.1) is 0 Å². The number of urea groups is 1. The van der Waals surface area contributed by atoms with E-state index in [0.717, 1.165) is 44.0 Å². The number of morpholine rings is 1. The van der Waals surface area contributed by atoms with Gasteiger partial charge < -0.3 is 20.1 Å². The molecule has 1 saturated heterocycles. The van der Waals surface area contributed by atoms with E-state index in [1.165, 1.54) is 29.8 Å². The van der Waals surface area contributed by atoms with E-state index >= 15 is 0 Å². The summed E-state index contributed by atoms with van der Waals surface area (Å²) in [6.45, 7) is 5.00. The second-order valence-corrected chi connectivity index (χ2v) is 7.75. The van der Waals surface area contributed by atoms with E-state index in [2.05, 4.69) is 26.6 Å². The Kier molecular flexibility index (Phi) is 7.84. The summed E-state index contributed by atoms with van der Waals surface area (Å²) in [5.74, 6) is 0.574. The molecule has 2 heterocycles. The molecule has 7 nitrogen and oxygen atoms in total. The maximum atomic E-state index is 13.0. The molecule has 1 aliphatic rings. The molecule has 3 aromatic rings. The molecule has 172 valence electrons. The fourth-order valence-electron chi connectivity index (χ4n) is 3.50. The molecular formula is C25H27FN4O3. The monoisotopic (exact) mass is 450 g/mol. The molecule has 4 rings (SSSR count). The van der Waals surface area contributed by atoms with E-state index < -0.39 is 0 Å². The lowest BCUT2D eigenvalue weighted by Crippen LogP contribution is -2.37. The van der Waals surface area contributed by atoms with Crippen LogP contribution in [-0.4, -0.2) is 42.2 Å². The quantitative estimate of drug-likeness (QED) is 0.545. The Labute approximate surface area is 192 Å². The molecule has 0 aliphatic carbocycles. The number of hydrogen-bond acceptors (Lipinski definition) is 5. The van der Waals surface area contributed by atoms with Crippen LogP contribution in [0.4, 0.5) is 9.18 Å². The Morgan fingerprint density at radius 1 is 0.970 bits per heavy atom. The van der Waals surface area contributed by atoms with E-state index in [-0.39, 0.29) is 11.8 Å². The largest absolute Gasteiger partial charge is 0.439 e. The molecule has 1 fully saturated rings. The number of benzene rings is 2. The van der Waals surface area contributed by atoms with Gasteiger partial charge in [-0.1, -0.05) is 30.3 Å². The van der Waals surface area contributed by atoms with Crippen molar-refractivity contribution in [1.82, 2.24) is 20.5 Å². The summed E-state index contributed by atoms with van der Waals surface area (Å²) in [5.41, 5.74) is 3.15. The molecule has 0 unspecified atom stereocenters. The van der Waals surface area contributed by atoms with Gasteiger partial charge in [0.25, 0.3) is 0 Å². The third-order valence-corrected chi connectivity index (χ3v) is 5.34. The average Bonchev–Trinajstić information content (AvgIpc) is 2.85. The third-order valence-electron chi connectivity index (χ3n) is 5.34. The summed E-state index contributed by atoms with van der Waals surface area (Å²) in [4.78, 5) is 18.9. The predicted octanol–water partition coefficient (Wildman–Crippen LogP) is 3.84. The highest BCUT2D eigenvalue weighted by atomic mass is 19.1. The first-order valence-corrected chi connectivity index (χ1v) is 10.9. The van der Waals surface area contributed by atoms with Gasteiger partial charge in [0.2, 0.25) is 5.88 Å². The summed E-state index contributed by atoms with van der Waals surface area (Å²) in [7, 11) is 0. The summed E-state index contributed by atoms with van der Waals surface area (Å²) in [6, 6.07) is 17.2. The highest BCUT2D eigenvalue weighted by molar-refractivity contribution is 5.73. The Balaban J connectivity index is 1.23. The van der Waals surface area contributed by atoms with Gasteiger partial charge >= 0.3 is 6.03 Å². The summed E-state index contributed by atoms with van der Waals surface area (Å²) in [5, 5.41) is 5.77. The number of carbonyl (C=O) groups excluding carboxylic acids is 1. The van der Waals surface area contributed by atoms with Gasteiger partial charge in [-0.25, -0.2) is 14.2 Å². The van der Waals surface area contributed by atoms with Gasteiger partial charge in [0.1, 0.15) is 11.6 Å². The molecule has 0 atom stereocenters. The van der Waals surface area contributed by atoms with Crippen LogP contribution in [0, 0.1) is 5.82 Å². The van der Waals surface area contributed by atoms with Crippen molar-refractivity contribution < 1.29 is 18.7 Å². The van der Waals surface area contributed by atoms with E-state index in [4.69, 9.17) is 9.47 Å². The van der Waals surface area contributed by atoms with Crippen molar-refractivity contribution in [1.29, 1.82) is 0 Å². The fourth-order valence-corrected chi connectivity index (χ4v) is 3.50. The van der Waals surface area contributed by atoms with Crippen molar-refractivity contribution in [3.63, 3.8) is 0 Å². The van der Waals surface area contributed by atoms with Gasteiger partial charge in [-0.2, -0.15) is 0 Å². The van der Waals surface area contributed by atoms with E-state index in [1.54, 1.807) is 12.3 Å². The van der Waals surface area contributed by atoms with E-state index in [0.29, 0.717) is 24.7 Å². The highest BCUT2D eigenvalue weighted by Crippen LogP contribution is 2.19. The normalized spacial score (nSPS) is 14.0. The number of nitrogens with one attached hydrogen (secondary N) is 2. The van der Waals surface area contributed by atoms with Gasteiger partial charge in [0.15, 0.2) is 0 Å². The van der Waals surface area contributed by atoms with Crippen molar-refractivity contribution in [2.45, 2.75) is 19.6 Å². The fraction of sp³-hybridized carbons (Fsp3) is 0.280. The Bertz CT molecular complexity index is 1040. The molecule has 0 bridgehead atoms. The molecule has 8 heteroatoms. The third kappa shape index (κ3) is 7.00. The smallest absolute Gasteiger partial charge is 0.315 e. The average molecular weight is 451 g/mol. The Morgan fingerprint density at radius 2 is 1.70 bits per heavy atom. The van der Waals surface area contributed by atoms with Crippen molar-refractivity contribution in [2.24, 2.45) is 0 Å². The first-order chi connectivity index (χ1) is 16.2. The maximum Gasteiger partial charge on any atom is 0.315 e. The number of pyridine rings is 1. The van der Waals surface area contributed by atoms with Gasteiger partial charge in [0.05, 0.1) is 13.2 Å². The minimum Gasteiger partial charge on any atom is -0.439 e. The molecule has 2 N–H and O–H groups in total. The number of halogens is 1. The van der Waals surface area contributed by atoms with Crippen LogP contribution in [0.3, 0.4) is 0 Å². The summed E-state index contributed by atoms with van der Waals surface area (Å²) >= 11 is 0. The lowest BCUT2D eigenvalue weighted by Gasteiger charge is -2.27. The number of hydrogen-bond donors (Lipinski definition) is 2. The summed E-state index contributed by atoms with van der Waals surface area (Å²) < 4.78 is 24.0. The van der Waals surface area contributed by atoms with Crippen molar-refractivity contribution >= 4 is 6.03 Å². The highest BCUT2D eigenvalue weighted by Gasteiger charge is 2.13.